The van der Waals surface area contributed by atoms with Crippen molar-refractivity contribution in [1.29, 1.82) is 0 Å². The number of hydrogen-bond acceptors (Lipinski definition) is 3. The molecule has 1 aliphatic rings. The van der Waals surface area contributed by atoms with Crippen molar-refractivity contribution in [2.75, 3.05) is 17.2 Å². The summed E-state index contributed by atoms with van der Waals surface area (Å²) in [5.41, 5.74) is 2.18. The highest BCUT2D eigenvalue weighted by molar-refractivity contribution is 6.00. The number of urea groups is 1. The van der Waals surface area contributed by atoms with E-state index in [1.807, 2.05) is 31.2 Å². The monoisotopic (exact) mass is 353 g/mol. The summed E-state index contributed by atoms with van der Waals surface area (Å²) in [6.45, 7) is 2.42. The normalized spacial score (nSPS) is 13.0. The van der Waals surface area contributed by atoms with Crippen molar-refractivity contribution < 1.29 is 14.3 Å². The van der Waals surface area contributed by atoms with Gasteiger partial charge in [-0.25, -0.2) is 4.79 Å². The first-order valence-corrected chi connectivity index (χ1v) is 8.82. The largest absolute Gasteiger partial charge is 0.492 e. The van der Waals surface area contributed by atoms with Crippen LogP contribution in [0.2, 0.25) is 0 Å². The highest BCUT2D eigenvalue weighted by atomic mass is 16.5. The van der Waals surface area contributed by atoms with E-state index in [1.54, 1.807) is 24.3 Å². The van der Waals surface area contributed by atoms with E-state index in [0.29, 0.717) is 36.2 Å². The second-order valence-corrected chi connectivity index (χ2v) is 6.22. The molecule has 6 heteroatoms. The van der Waals surface area contributed by atoms with Crippen LogP contribution in [0.5, 0.6) is 5.75 Å². The van der Waals surface area contributed by atoms with Gasteiger partial charge < -0.3 is 20.7 Å². The number of hydrogen-bond donors (Lipinski definition) is 3. The summed E-state index contributed by atoms with van der Waals surface area (Å²) in [5, 5.41) is 8.52. The fourth-order valence-corrected chi connectivity index (χ4v) is 2.53. The molecule has 3 rings (SSSR count). The van der Waals surface area contributed by atoms with E-state index in [4.69, 9.17) is 4.74 Å². The van der Waals surface area contributed by atoms with Gasteiger partial charge in [-0.3, -0.25) is 4.79 Å². The second-order valence-electron chi connectivity index (χ2n) is 6.22. The van der Waals surface area contributed by atoms with Crippen molar-refractivity contribution in [3.8, 4) is 5.75 Å². The smallest absolute Gasteiger partial charge is 0.323 e. The van der Waals surface area contributed by atoms with Crippen LogP contribution in [-0.2, 0) is 11.2 Å². The van der Waals surface area contributed by atoms with E-state index in [1.165, 1.54) is 0 Å². The van der Waals surface area contributed by atoms with E-state index in [2.05, 4.69) is 16.0 Å². The van der Waals surface area contributed by atoms with Crippen molar-refractivity contribution >= 4 is 23.3 Å². The highest BCUT2D eigenvalue weighted by Gasteiger charge is 2.23. The van der Waals surface area contributed by atoms with Gasteiger partial charge >= 0.3 is 6.03 Å². The molecular weight excluding hydrogens is 330 g/mol. The number of ether oxygens (including phenoxy) is 1. The summed E-state index contributed by atoms with van der Waals surface area (Å²) in [6.07, 6.45) is 2.51. The minimum atomic E-state index is -0.351. The molecule has 1 saturated carbocycles. The SMILES string of the molecule is CCOc1ccccc1NC(=O)Nc1ccc(CC(=O)NC2CC2)cc1. The predicted molar refractivity (Wildman–Crippen MR) is 102 cm³/mol. The first kappa shape index (κ1) is 17.8. The Morgan fingerprint density at radius 3 is 2.46 bits per heavy atom. The number of carbonyl (C=O) groups is 2. The van der Waals surface area contributed by atoms with E-state index < -0.39 is 0 Å². The number of nitrogens with one attached hydrogen (secondary N) is 3. The van der Waals surface area contributed by atoms with E-state index in [0.717, 1.165) is 18.4 Å². The Morgan fingerprint density at radius 2 is 1.77 bits per heavy atom. The van der Waals surface area contributed by atoms with E-state index in [-0.39, 0.29) is 11.9 Å². The minimum Gasteiger partial charge on any atom is -0.492 e. The molecule has 0 bridgehead atoms. The van der Waals surface area contributed by atoms with Crippen LogP contribution in [0, 0.1) is 0 Å². The molecule has 0 unspecified atom stereocenters. The van der Waals surface area contributed by atoms with Crippen LogP contribution < -0.4 is 20.7 Å². The second kappa shape index (κ2) is 8.38. The van der Waals surface area contributed by atoms with Gasteiger partial charge in [0.2, 0.25) is 5.91 Å². The summed E-state index contributed by atoms with van der Waals surface area (Å²) in [4.78, 5) is 24.0. The number of benzene rings is 2. The van der Waals surface area contributed by atoms with Gasteiger partial charge in [0.1, 0.15) is 5.75 Å². The maximum Gasteiger partial charge on any atom is 0.323 e. The fourth-order valence-electron chi connectivity index (χ4n) is 2.53. The lowest BCUT2D eigenvalue weighted by Gasteiger charge is -2.12. The van der Waals surface area contributed by atoms with Crippen molar-refractivity contribution in [3.63, 3.8) is 0 Å². The molecule has 0 atom stereocenters. The van der Waals surface area contributed by atoms with Crippen molar-refractivity contribution in [3.05, 3.63) is 54.1 Å². The van der Waals surface area contributed by atoms with E-state index >= 15 is 0 Å². The zero-order valence-corrected chi connectivity index (χ0v) is 14.7. The summed E-state index contributed by atoms with van der Waals surface area (Å²) in [6, 6.07) is 14.6. The number of para-hydroxylation sites is 2. The molecule has 3 amide bonds. The third-order valence-electron chi connectivity index (χ3n) is 3.95. The quantitative estimate of drug-likeness (QED) is 0.712. The molecule has 26 heavy (non-hydrogen) atoms. The van der Waals surface area contributed by atoms with Crippen LogP contribution >= 0.6 is 0 Å². The molecule has 0 saturated heterocycles. The Bertz CT molecular complexity index is 770. The van der Waals surface area contributed by atoms with Gasteiger partial charge in [-0.2, -0.15) is 0 Å². The van der Waals surface area contributed by atoms with Crippen molar-refractivity contribution in [2.24, 2.45) is 0 Å². The lowest BCUT2D eigenvalue weighted by atomic mass is 10.1. The molecule has 0 aliphatic heterocycles. The Labute approximate surface area is 152 Å². The minimum absolute atomic E-state index is 0.0403. The molecule has 2 aromatic carbocycles. The fraction of sp³-hybridized carbons (Fsp3) is 0.300. The molecule has 0 aromatic heterocycles. The summed E-state index contributed by atoms with van der Waals surface area (Å²) in [7, 11) is 0. The lowest BCUT2D eigenvalue weighted by Crippen LogP contribution is -2.26. The van der Waals surface area contributed by atoms with Gasteiger partial charge in [-0.15, -0.1) is 0 Å². The van der Waals surface area contributed by atoms with Gasteiger partial charge in [0, 0.05) is 11.7 Å². The Hall–Kier alpha value is -3.02. The van der Waals surface area contributed by atoms with Crippen LogP contribution in [0.25, 0.3) is 0 Å². The average molecular weight is 353 g/mol. The first-order chi connectivity index (χ1) is 12.6. The van der Waals surface area contributed by atoms with Crippen molar-refractivity contribution in [2.45, 2.75) is 32.2 Å². The first-order valence-electron chi connectivity index (χ1n) is 8.82. The molecule has 1 aliphatic carbocycles. The molecule has 0 radical (unpaired) electrons. The van der Waals surface area contributed by atoms with Crippen LogP contribution in [0.4, 0.5) is 16.2 Å². The van der Waals surface area contributed by atoms with E-state index in [9.17, 15) is 9.59 Å². The summed E-state index contributed by atoms with van der Waals surface area (Å²) >= 11 is 0. The van der Waals surface area contributed by atoms with Crippen LogP contribution in [0.15, 0.2) is 48.5 Å². The molecule has 6 nitrogen and oxygen atoms in total. The highest BCUT2D eigenvalue weighted by Crippen LogP contribution is 2.24. The lowest BCUT2D eigenvalue weighted by molar-refractivity contribution is -0.120. The standard InChI is InChI=1S/C20H23N3O3/c1-2-26-18-6-4-3-5-17(18)23-20(25)22-16-9-7-14(8-10-16)13-19(24)21-15-11-12-15/h3-10,15H,2,11-13H2,1H3,(H,21,24)(H2,22,23,25). The van der Waals surface area contributed by atoms with Crippen LogP contribution in [0.3, 0.4) is 0 Å². The third kappa shape index (κ3) is 5.24. The van der Waals surface area contributed by atoms with Gasteiger partial charge in [0.25, 0.3) is 0 Å². The molecule has 2 aromatic rings. The Balaban J connectivity index is 1.53. The van der Waals surface area contributed by atoms with Gasteiger partial charge in [-0.1, -0.05) is 24.3 Å². The number of amides is 3. The number of anilines is 2. The number of rotatable bonds is 7. The average Bonchev–Trinajstić information content (AvgIpc) is 3.42. The zero-order valence-electron chi connectivity index (χ0n) is 14.7. The summed E-state index contributed by atoms with van der Waals surface area (Å²) < 4.78 is 5.49. The van der Waals surface area contributed by atoms with Crippen LogP contribution in [0.1, 0.15) is 25.3 Å². The number of carbonyl (C=O) groups excluding carboxylic acids is 2. The Kier molecular flexibility index (Phi) is 5.73. The molecule has 1 fully saturated rings. The molecule has 3 N–H and O–H groups in total. The summed E-state index contributed by atoms with van der Waals surface area (Å²) in [5.74, 6) is 0.667. The third-order valence-corrected chi connectivity index (χ3v) is 3.95. The molecular formula is C20H23N3O3. The molecule has 0 spiro atoms. The topological polar surface area (TPSA) is 79.5 Å². The van der Waals surface area contributed by atoms with Gasteiger partial charge in [0.05, 0.1) is 18.7 Å². The van der Waals surface area contributed by atoms with Gasteiger partial charge in [0.15, 0.2) is 0 Å². The zero-order chi connectivity index (χ0) is 18.4. The Morgan fingerprint density at radius 1 is 1.04 bits per heavy atom. The maximum absolute atomic E-state index is 12.2. The maximum atomic E-state index is 12.2. The predicted octanol–water partition coefficient (Wildman–Crippen LogP) is 3.55. The van der Waals surface area contributed by atoms with Crippen LogP contribution in [-0.4, -0.2) is 24.6 Å². The molecule has 0 heterocycles. The van der Waals surface area contributed by atoms with Gasteiger partial charge in [-0.05, 0) is 49.6 Å². The molecule has 136 valence electrons. The van der Waals surface area contributed by atoms with Crippen molar-refractivity contribution in [1.82, 2.24) is 5.32 Å².